The molecule has 1 amide bonds. The fraction of sp³-hybridized carbons (Fsp3) is 0.333. The summed E-state index contributed by atoms with van der Waals surface area (Å²) in [5.41, 5.74) is 4.01. The van der Waals surface area contributed by atoms with Gasteiger partial charge in [-0.3, -0.25) is 4.79 Å². The summed E-state index contributed by atoms with van der Waals surface area (Å²) in [7, 11) is 0. The lowest BCUT2D eigenvalue weighted by Crippen LogP contribution is -2.46. The minimum Gasteiger partial charge on any atom is -0.369 e. The number of carbonyl (C=O) groups excluding carboxylic acids is 1. The molecule has 0 aliphatic carbocycles. The van der Waals surface area contributed by atoms with Gasteiger partial charge in [0, 0.05) is 44.0 Å². The van der Waals surface area contributed by atoms with Crippen LogP contribution < -0.4 is 10.2 Å². The number of rotatable bonds is 6. The van der Waals surface area contributed by atoms with Gasteiger partial charge in [-0.05, 0) is 43.3 Å². The van der Waals surface area contributed by atoms with Crippen LogP contribution >= 0.6 is 11.3 Å². The average molecular weight is 421 g/mol. The SMILES string of the molecule is CCN1CCN(c2ccc(NC(=O)c3sc(Cc4ccccc4)nc3C)cc2)CC1. The first-order chi connectivity index (χ1) is 14.6. The second kappa shape index (κ2) is 9.41. The van der Waals surface area contributed by atoms with Crippen molar-refractivity contribution in [1.82, 2.24) is 9.88 Å². The first kappa shape index (κ1) is 20.6. The lowest BCUT2D eigenvalue weighted by Gasteiger charge is -2.35. The van der Waals surface area contributed by atoms with Crippen molar-refractivity contribution in [3.63, 3.8) is 0 Å². The molecule has 156 valence electrons. The third-order valence-electron chi connectivity index (χ3n) is 5.56. The van der Waals surface area contributed by atoms with Crippen molar-refractivity contribution in [3.8, 4) is 0 Å². The quantitative estimate of drug-likeness (QED) is 0.641. The van der Waals surface area contributed by atoms with Gasteiger partial charge >= 0.3 is 0 Å². The molecule has 6 heteroatoms. The van der Waals surface area contributed by atoms with Gasteiger partial charge in [0.2, 0.25) is 0 Å². The molecule has 30 heavy (non-hydrogen) atoms. The summed E-state index contributed by atoms with van der Waals surface area (Å²) in [6.45, 7) is 9.52. The van der Waals surface area contributed by atoms with Crippen LogP contribution in [-0.2, 0) is 6.42 Å². The van der Waals surface area contributed by atoms with Crippen molar-refractivity contribution >= 4 is 28.6 Å². The Morgan fingerprint density at radius 1 is 1.03 bits per heavy atom. The number of amides is 1. The summed E-state index contributed by atoms with van der Waals surface area (Å²) in [5, 5.41) is 3.99. The Kier molecular flexibility index (Phi) is 6.45. The minimum atomic E-state index is -0.0892. The van der Waals surface area contributed by atoms with Crippen molar-refractivity contribution in [2.45, 2.75) is 20.3 Å². The zero-order valence-electron chi connectivity index (χ0n) is 17.6. The zero-order valence-corrected chi connectivity index (χ0v) is 18.4. The molecule has 1 N–H and O–H groups in total. The van der Waals surface area contributed by atoms with Crippen molar-refractivity contribution in [3.05, 3.63) is 75.7 Å². The number of nitrogens with zero attached hydrogens (tertiary/aromatic N) is 3. The number of piperazine rings is 1. The standard InChI is InChI=1S/C24H28N4OS/c1-3-27-13-15-28(16-14-27)21-11-9-20(10-12-21)26-24(29)23-18(2)25-22(30-23)17-19-7-5-4-6-8-19/h4-12H,3,13-17H2,1-2H3,(H,26,29). The molecule has 1 aromatic heterocycles. The van der Waals surface area contributed by atoms with Crippen molar-refractivity contribution in [2.24, 2.45) is 0 Å². The fourth-order valence-electron chi connectivity index (χ4n) is 3.77. The van der Waals surface area contributed by atoms with Crippen molar-refractivity contribution in [2.75, 3.05) is 42.9 Å². The first-order valence-electron chi connectivity index (χ1n) is 10.5. The van der Waals surface area contributed by atoms with Gasteiger partial charge in [-0.2, -0.15) is 0 Å². The number of anilines is 2. The molecule has 0 bridgehead atoms. The van der Waals surface area contributed by atoms with Crippen LogP contribution in [0.5, 0.6) is 0 Å². The number of benzene rings is 2. The Hall–Kier alpha value is -2.70. The van der Waals surface area contributed by atoms with E-state index in [-0.39, 0.29) is 5.91 Å². The molecule has 5 nitrogen and oxygen atoms in total. The highest BCUT2D eigenvalue weighted by Gasteiger charge is 2.17. The van der Waals surface area contributed by atoms with E-state index in [4.69, 9.17) is 0 Å². The van der Waals surface area contributed by atoms with Gasteiger partial charge < -0.3 is 15.1 Å². The van der Waals surface area contributed by atoms with Crippen LogP contribution in [-0.4, -0.2) is 48.5 Å². The second-order valence-electron chi connectivity index (χ2n) is 7.61. The maximum atomic E-state index is 12.8. The third kappa shape index (κ3) is 4.89. The van der Waals surface area contributed by atoms with E-state index in [1.165, 1.54) is 22.6 Å². The molecular weight excluding hydrogens is 392 g/mol. The lowest BCUT2D eigenvalue weighted by atomic mass is 10.2. The lowest BCUT2D eigenvalue weighted by molar-refractivity contribution is 0.103. The monoisotopic (exact) mass is 420 g/mol. The van der Waals surface area contributed by atoms with E-state index in [1.54, 1.807) is 0 Å². The molecule has 0 radical (unpaired) electrons. The van der Waals surface area contributed by atoms with E-state index in [1.807, 2.05) is 37.3 Å². The van der Waals surface area contributed by atoms with E-state index < -0.39 is 0 Å². The third-order valence-corrected chi connectivity index (χ3v) is 6.71. The van der Waals surface area contributed by atoms with Gasteiger partial charge in [0.15, 0.2) is 0 Å². The number of aromatic nitrogens is 1. The molecule has 0 saturated carbocycles. The fourth-order valence-corrected chi connectivity index (χ4v) is 4.77. The summed E-state index contributed by atoms with van der Waals surface area (Å²) in [6, 6.07) is 18.4. The Morgan fingerprint density at radius 2 is 1.73 bits per heavy atom. The first-order valence-corrected chi connectivity index (χ1v) is 11.3. The van der Waals surface area contributed by atoms with Crippen LogP contribution in [0, 0.1) is 6.92 Å². The van der Waals surface area contributed by atoms with E-state index in [9.17, 15) is 4.79 Å². The highest BCUT2D eigenvalue weighted by Crippen LogP contribution is 2.24. The molecule has 2 aromatic carbocycles. The number of hydrogen-bond donors (Lipinski definition) is 1. The van der Waals surface area contributed by atoms with Gasteiger partial charge in [-0.15, -0.1) is 11.3 Å². The maximum absolute atomic E-state index is 12.8. The van der Waals surface area contributed by atoms with Crippen LogP contribution in [0.2, 0.25) is 0 Å². The topological polar surface area (TPSA) is 48.5 Å². The van der Waals surface area contributed by atoms with Crippen LogP contribution in [0.4, 0.5) is 11.4 Å². The molecule has 2 heterocycles. The summed E-state index contributed by atoms with van der Waals surface area (Å²) in [4.78, 5) is 23.0. The largest absolute Gasteiger partial charge is 0.369 e. The number of likely N-dealkylation sites (N-methyl/N-ethyl adjacent to an activating group) is 1. The van der Waals surface area contributed by atoms with Gasteiger partial charge in [0.25, 0.3) is 5.91 Å². The van der Waals surface area contributed by atoms with E-state index in [0.29, 0.717) is 4.88 Å². The highest BCUT2D eigenvalue weighted by atomic mass is 32.1. The summed E-state index contributed by atoms with van der Waals surface area (Å²) < 4.78 is 0. The summed E-state index contributed by atoms with van der Waals surface area (Å²) in [5.74, 6) is -0.0892. The van der Waals surface area contributed by atoms with Crippen LogP contribution in [0.3, 0.4) is 0 Å². The predicted octanol–water partition coefficient (Wildman–Crippen LogP) is 4.44. The summed E-state index contributed by atoms with van der Waals surface area (Å²) in [6.07, 6.45) is 0.750. The molecular formula is C24H28N4OS. The van der Waals surface area contributed by atoms with E-state index >= 15 is 0 Å². The Bertz CT molecular complexity index is 976. The Labute approximate surface area is 182 Å². The maximum Gasteiger partial charge on any atom is 0.267 e. The molecule has 4 rings (SSSR count). The molecule has 3 aromatic rings. The molecule has 0 spiro atoms. The van der Waals surface area contributed by atoms with Crippen molar-refractivity contribution in [1.29, 1.82) is 0 Å². The Morgan fingerprint density at radius 3 is 2.40 bits per heavy atom. The van der Waals surface area contributed by atoms with Crippen LogP contribution in [0.25, 0.3) is 0 Å². The van der Waals surface area contributed by atoms with E-state index in [0.717, 1.165) is 55.5 Å². The number of aryl methyl sites for hydroxylation is 1. The average Bonchev–Trinajstić information content (AvgIpc) is 3.15. The molecule has 1 aliphatic rings. The predicted molar refractivity (Wildman–Crippen MR) is 125 cm³/mol. The van der Waals surface area contributed by atoms with Crippen LogP contribution in [0.15, 0.2) is 54.6 Å². The normalized spacial score (nSPS) is 14.7. The zero-order chi connectivity index (χ0) is 20.9. The van der Waals surface area contributed by atoms with Crippen LogP contribution in [0.1, 0.15) is 32.9 Å². The number of thiazole rings is 1. The molecule has 1 saturated heterocycles. The van der Waals surface area contributed by atoms with Gasteiger partial charge in [0.05, 0.1) is 10.7 Å². The minimum absolute atomic E-state index is 0.0892. The van der Waals surface area contributed by atoms with E-state index in [2.05, 4.69) is 51.3 Å². The highest BCUT2D eigenvalue weighted by molar-refractivity contribution is 7.14. The molecule has 1 fully saturated rings. The molecule has 1 aliphatic heterocycles. The molecule has 0 atom stereocenters. The van der Waals surface area contributed by atoms with Crippen molar-refractivity contribution < 1.29 is 4.79 Å². The van der Waals surface area contributed by atoms with Gasteiger partial charge in [-0.1, -0.05) is 37.3 Å². The second-order valence-corrected chi connectivity index (χ2v) is 8.69. The van der Waals surface area contributed by atoms with Gasteiger partial charge in [0.1, 0.15) is 4.88 Å². The number of hydrogen-bond acceptors (Lipinski definition) is 5. The van der Waals surface area contributed by atoms with Gasteiger partial charge in [-0.25, -0.2) is 4.98 Å². The number of carbonyl (C=O) groups is 1. The smallest absolute Gasteiger partial charge is 0.267 e. The summed E-state index contributed by atoms with van der Waals surface area (Å²) >= 11 is 1.47. The number of nitrogens with one attached hydrogen (secondary N) is 1. The molecule has 0 unspecified atom stereocenters. The Balaban J connectivity index is 1.38.